The van der Waals surface area contributed by atoms with E-state index in [1.165, 1.54) is 26.4 Å². The fraction of sp³-hybridized carbons (Fsp3) is 0.600. The van der Waals surface area contributed by atoms with Crippen LogP contribution in [0.1, 0.15) is 49.4 Å². The molecule has 1 saturated carbocycles. The third-order valence-corrected chi connectivity index (χ3v) is 4.02. The van der Waals surface area contributed by atoms with E-state index < -0.39 is 5.97 Å². The van der Waals surface area contributed by atoms with Gasteiger partial charge in [-0.05, 0) is 24.8 Å². The molecule has 0 saturated heterocycles. The van der Waals surface area contributed by atoms with E-state index in [2.05, 4.69) is 17.2 Å². The van der Waals surface area contributed by atoms with E-state index in [1.54, 1.807) is 12.3 Å². The minimum atomic E-state index is -0.407. The first-order valence-electron chi connectivity index (χ1n) is 7.24. The monoisotopic (exact) mass is 277 g/mol. The van der Waals surface area contributed by atoms with Gasteiger partial charge < -0.3 is 15.8 Å². The van der Waals surface area contributed by atoms with Gasteiger partial charge in [-0.2, -0.15) is 0 Å². The van der Waals surface area contributed by atoms with E-state index in [4.69, 9.17) is 10.5 Å². The number of hydrogen-bond donors (Lipinski definition) is 2. The summed E-state index contributed by atoms with van der Waals surface area (Å²) in [6.45, 7) is 2.23. The molecule has 110 valence electrons. The molecule has 1 aromatic heterocycles. The van der Waals surface area contributed by atoms with Crippen molar-refractivity contribution in [3.8, 4) is 0 Å². The molecule has 5 heteroatoms. The summed E-state index contributed by atoms with van der Waals surface area (Å²) in [6.07, 6.45) is 7.53. The molecule has 0 aromatic carbocycles. The van der Waals surface area contributed by atoms with Crippen LogP contribution in [0, 0.1) is 5.92 Å². The van der Waals surface area contributed by atoms with Crippen LogP contribution in [0.3, 0.4) is 0 Å². The average molecular weight is 277 g/mol. The quantitative estimate of drug-likeness (QED) is 0.827. The number of aromatic nitrogens is 1. The largest absolute Gasteiger partial charge is 0.465 e. The molecule has 1 aliphatic carbocycles. The number of methoxy groups -OCH3 is 1. The van der Waals surface area contributed by atoms with Gasteiger partial charge in [0, 0.05) is 6.04 Å². The van der Waals surface area contributed by atoms with Crippen LogP contribution in [0.25, 0.3) is 0 Å². The van der Waals surface area contributed by atoms with Crippen LogP contribution >= 0.6 is 0 Å². The van der Waals surface area contributed by atoms with Crippen LogP contribution < -0.4 is 11.1 Å². The molecule has 1 aromatic rings. The molecular formula is C15H23N3O2. The highest BCUT2D eigenvalue weighted by Gasteiger charge is 2.23. The van der Waals surface area contributed by atoms with Gasteiger partial charge in [-0.15, -0.1) is 0 Å². The topological polar surface area (TPSA) is 77.2 Å². The van der Waals surface area contributed by atoms with Crippen LogP contribution in [0.2, 0.25) is 0 Å². The van der Waals surface area contributed by atoms with Gasteiger partial charge in [0.15, 0.2) is 0 Å². The van der Waals surface area contributed by atoms with Crippen molar-refractivity contribution in [3.63, 3.8) is 0 Å². The molecule has 0 bridgehead atoms. The summed E-state index contributed by atoms with van der Waals surface area (Å²) in [5.41, 5.74) is 6.57. The zero-order chi connectivity index (χ0) is 14.5. The van der Waals surface area contributed by atoms with Crippen LogP contribution in [0.4, 0.5) is 11.5 Å². The summed E-state index contributed by atoms with van der Waals surface area (Å²) in [5.74, 6) is 0.930. The Morgan fingerprint density at radius 2 is 2.35 bits per heavy atom. The van der Waals surface area contributed by atoms with Gasteiger partial charge in [-0.1, -0.05) is 26.2 Å². The summed E-state index contributed by atoms with van der Waals surface area (Å²) >= 11 is 0. The van der Waals surface area contributed by atoms with Crippen molar-refractivity contribution in [2.24, 2.45) is 5.92 Å². The molecule has 0 amide bonds. The lowest BCUT2D eigenvalue weighted by Crippen LogP contribution is -2.28. The Labute approximate surface area is 119 Å². The van der Waals surface area contributed by atoms with E-state index in [9.17, 15) is 4.79 Å². The SMILES string of the molecule is CCC1CCCC(Nc2ncc(N)cc2C(=O)OC)C1. The molecule has 20 heavy (non-hydrogen) atoms. The number of esters is 1. The minimum Gasteiger partial charge on any atom is -0.465 e. The summed E-state index contributed by atoms with van der Waals surface area (Å²) in [6, 6.07) is 1.98. The van der Waals surface area contributed by atoms with E-state index in [-0.39, 0.29) is 0 Å². The van der Waals surface area contributed by atoms with E-state index in [0.717, 1.165) is 18.8 Å². The smallest absolute Gasteiger partial charge is 0.341 e. The van der Waals surface area contributed by atoms with Crippen molar-refractivity contribution in [1.29, 1.82) is 0 Å². The Kier molecular flexibility index (Phi) is 4.82. The van der Waals surface area contributed by atoms with E-state index in [1.807, 2.05) is 0 Å². The molecule has 2 atom stereocenters. The molecule has 1 aliphatic rings. The van der Waals surface area contributed by atoms with Crippen molar-refractivity contribution >= 4 is 17.5 Å². The van der Waals surface area contributed by atoms with Gasteiger partial charge in [0.1, 0.15) is 11.4 Å². The Balaban J connectivity index is 2.14. The van der Waals surface area contributed by atoms with Crippen molar-refractivity contribution in [2.45, 2.75) is 45.1 Å². The number of carbonyl (C=O) groups excluding carboxylic acids is 1. The number of nitrogens with two attached hydrogens (primary N) is 1. The number of ether oxygens (including phenoxy) is 1. The minimum absolute atomic E-state index is 0.369. The molecular weight excluding hydrogens is 254 g/mol. The first-order valence-corrected chi connectivity index (χ1v) is 7.24. The normalized spacial score (nSPS) is 22.3. The Morgan fingerprint density at radius 1 is 1.55 bits per heavy atom. The fourth-order valence-electron chi connectivity index (χ4n) is 2.85. The number of anilines is 2. The van der Waals surface area contributed by atoms with Gasteiger partial charge in [0.2, 0.25) is 0 Å². The first kappa shape index (κ1) is 14.6. The summed E-state index contributed by atoms with van der Waals surface area (Å²) in [4.78, 5) is 16.0. The van der Waals surface area contributed by atoms with Crippen molar-refractivity contribution in [2.75, 3.05) is 18.2 Å². The second kappa shape index (κ2) is 6.59. The summed E-state index contributed by atoms with van der Waals surface area (Å²) < 4.78 is 4.79. The molecule has 3 N–H and O–H groups in total. The molecule has 1 fully saturated rings. The standard InChI is InChI=1S/C15H23N3O2/c1-3-10-5-4-6-12(7-10)18-14-13(15(19)20-2)8-11(16)9-17-14/h8-10,12H,3-7,16H2,1-2H3,(H,17,18). The van der Waals surface area contributed by atoms with Gasteiger partial charge in [0.25, 0.3) is 0 Å². The number of rotatable bonds is 4. The highest BCUT2D eigenvalue weighted by molar-refractivity contribution is 5.95. The maximum absolute atomic E-state index is 11.8. The van der Waals surface area contributed by atoms with Gasteiger partial charge >= 0.3 is 5.97 Å². The van der Waals surface area contributed by atoms with Crippen molar-refractivity contribution in [1.82, 2.24) is 4.98 Å². The zero-order valence-electron chi connectivity index (χ0n) is 12.2. The lowest BCUT2D eigenvalue weighted by molar-refractivity contribution is 0.0601. The van der Waals surface area contributed by atoms with Gasteiger partial charge in [-0.3, -0.25) is 0 Å². The maximum Gasteiger partial charge on any atom is 0.341 e. The van der Waals surface area contributed by atoms with Crippen LogP contribution in [0.15, 0.2) is 12.3 Å². The lowest BCUT2D eigenvalue weighted by Gasteiger charge is -2.29. The third kappa shape index (κ3) is 3.40. The Bertz CT molecular complexity index is 476. The average Bonchev–Trinajstić information content (AvgIpc) is 2.48. The van der Waals surface area contributed by atoms with Crippen molar-refractivity contribution < 1.29 is 9.53 Å². The third-order valence-electron chi connectivity index (χ3n) is 4.02. The van der Waals surface area contributed by atoms with Crippen molar-refractivity contribution in [3.05, 3.63) is 17.8 Å². The van der Waals surface area contributed by atoms with Crippen LogP contribution in [0.5, 0.6) is 0 Å². The van der Waals surface area contributed by atoms with Gasteiger partial charge in [-0.25, -0.2) is 9.78 Å². The second-order valence-electron chi connectivity index (χ2n) is 5.44. The molecule has 0 spiro atoms. The number of nitrogens with one attached hydrogen (secondary N) is 1. The highest BCUT2D eigenvalue weighted by Crippen LogP contribution is 2.29. The predicted molar refractivity (Wildman–Crippen MR) is 79.6 cm³/mol. The van der Waals surface area contributed by atoms with Crippen LogP contribution in [-0.2, 0) is 4.74 Å². The van der Waals surface area contributed by atoms with Gasteiger partial charge in [0.05, 0.1) is 19.0 Å². The van der Waals surface area contributed by atoms with E-state index in [0.29, 0.717) is 23.1 Å². The predicted octanol–water partition coefficient (Wildman–Crippen LogP) is 2.83. The number of nitrogen functional groups attached to an aromatic ring is 1. The molecule has 0 radical (unpaired) electrons. The Morgan fingerprint density at radius 3 is 3.05 bits per heavy atom. The second-order valence-corrected chi connectivity index (χ2v) is 5.44. The summed E-state index contributed by atoms with van der Waals surface area (Å²) in [7, 11) is 1.36. The number of carbonyl (C=O) groups is 1. The maximum atomic E-state index is 11.8. The molecule has 0 aliphatic heterocycles. The zero-order valence-corrected chi connectivity index (χ0v) is 12.2. The fourth-order valence-corrected chi connectivity index (χ4v) is 2.85. The molecule has 5 nitrogen and oxygen atoms in total. The molecule has 2 unspecified atom stereocenters. The highest BCUT2D eigenvalue weighted by atomic mass is 16.5. The first-order chi connectivity index (χ1) is 9.63. The summed E-state index contributed by atoms with van der Waals surface area (Å²) in [5, 5.41) is 3.39. The molecule has 2 rings (SSSR count). The Hall–Kier alpha value is -1.78. The number of nitrogens with zero attached hydrogens (tertiary/aromatic N) is 1. The number of hydrogen-bond acceptors (Lipinski definition) is 5. The molecule has 1 heterocycles. The van der Waals surface area contributed by atoms with E-state index >= 15 is 0 Å². The lowest BCUT2D eigenvalue weighted by atomic mass is 9.84. The number of pyridine rings is 1. The van der Waals surface area contributed by atoms with Crippen LogP contribution in [-0.4, -0.2) is 24.1 Å².